The molecule has 0 unspecified atom stereocenters. The number of carbonyl (C=O) groups excluding carboxylic acids is 1. The molecule has 0 saturated carbocycles. The van der Waals surface area contributed by atoms with Crippen LogP contribution < -0.4 is 5.32 Å². The van der Waals surface area contributed by atoms with Crippen molar-refractivity contribution in [1.29, 1.82) is 0 Å². The molecule has 3 fully saturated rings. The lowest BCUT2D eigenvalue weighted by Gasteiger charge is -2.38. The summed E-state index contributed by atoms with van der Waals surface area (Å²) in [4.78, 5) is 14.6. The summed E-state index contributed by atoms with van der Waals surface area (Å²) in [6, 6.07) is 0. The van der Waals surface area contributed by atoms with Gasteiger partial charge in [0.2, 0.25) is 0 Å². The lowest BCUT2D eigenvalue weighted by Crippen LogP contribution is -2.46. The maximum absolute atomic E-state index is 12.7. The van der Waals surface area contributed by atoms with Crippen LogP contribution in [0, 0.1) is 5.92 Å². The summed E-state index contributed by atoms with van der Waals surface area (Å²) in [5.41, 5.74) is 0.518. The van der Waals surface area contributed by atoms with E-state index in [4.69, 9.17) is 4.74 Å². The largest absolute Gasteiger partial charge is 0.375 e. The molecule has 24 heavy (non-hydrogen) atoms. The third-order valence-corrected chi connectivity index (χ3v) is 5.75. The van der Waals surface area contributed by atoms with Gasteiger partial charge in [-0.25, -0.2) is 0 Å². The summed E-state index contributed by atoms with van der Waals surface area (Å²) < 4.78 is 7.76. The van der Waals surface area contributed by atoms with Crippen LogP contribution in [0.4, 0.5) is 0 Å². The second kappa shape index (κ2) is 6.80. The molecule has 1 aromatic rings. The van der Waals surface area contributed by atoms with E-state index in [2.05, 4.69) is 15.6 Å². The van der Waals surface area contributed by atoms with Gasteiger partial charge in [0.05, 0.1) is 11.8 Å². The molecule has 3 aliphatic rings. The molecule has 3 aliphatic heterocycles. The molecule has 1 N–H and O–H groups in total. The number of amides is 1. The van der Waals surface area contributed by atoms with Crippen LogP contribution in [0.3, 0.4) is 0 Å². The van der Waals surface area contributed by atoms with Crippen molar-refractivity contribution in [2.24, 2.45) is 5.92 Å². The average molecular weight is 333 g/mol. The van der Waals surface area contributed by atoms with Crippen LogP contribution >= 0.6 is 0 Å². The highest BCUT2D eigenvalue weighted by molar-refractivity contribution is 5.92. The van der Waals surface area contributed by atoms with Gasteiger partial charge in [-0.05, 0) is 57.5 Å². The molecule has 1 spiro atoms. The highest BCUT2D eigenvalue weighted by Gasteiger charge is 2.39. The van der Waals surface area contributed by atoms with E-state index in [-0.39, 0.29) is 11.5 Å². The second-order valence-electron chi connectivity index (χ2n) is 7.47. The van der Waals surface area contributed by atoms with E-state index >= 15 is 0 Å². The first-order chi connectivity index (χ1) is 11.7. The SMILES string of the molecule is O=C(c1cn(C[C@H]2CCCNC2)nn1)N1CCC2(CCCO2)CC1. The van der Waals surface area contributed by atoms with Crippen molar-refractivity contribution in [3.63, 3.8) is 0 Å². The first-order valence-corrected chi connectivity index (χ1v) is 9.28. The number of rotatable bonds is 3. The van der Waals surface area contributed by atoms with E-state index in [0.717, 1.165) is 65.0 Å². The molecule has 7 heteroatoms. The summed E-state index contributed by atoms with van der Waals surface area (Å²) in [7, 11) is 0. The van der Waals surface area contributed by atoms with Crippen LogP contribution in [-0.4, -0.2) is 64.2 Å². The van der Waals surface area contributed by atoms with E-state index in [9.17, 15) is 4.79 Å². The number of nitrogens with zero attached hydrogens (tertiary/aromatic N) is 4. The molecule has 3 saturated heterocycles. The van der Waals surface area contributed by atoms with Crippen molar-refractivity contribution in [2.45, 2.75) is 50.7 Å². The van der Waals surface area contributed by atoms with Gasteiger partial charge in [-0.15, -0.1) is 5.10 Å². The summed E-state index contributed by atoms with van der Waals surface area (Å²) in [5.74, 6) is 0.591. The minimum absolute atomic E-state index is 0.0101. The number of hydrogen-bond acceptors (Lipinski definition) is 5. The number of hydrogen-bond donors (Lipinski definition) is 1. The van der Waals surface area contributed by atoms with Gasteiger partial charge in [0, 0.05) is 26.2 Å². The van der Waals surface area contributed by atoms with Crippen LogP contribution in [0.15, 0.2) is 6.20 Å². The van der Waals surface area contributed by atoms with Crippen LogP contribution in [0.25, 0.3) is 0 Å². The zero-order chi connectivity index (χ0) is 16.4. The fourth-order valence-corrected chi connectivity index (χ4v) is 4.26. The highest BCUT2D eigenvalue weighted by atomic mass is 16.5. The lowest BCUT2D eigenvalue weighted by atomic mass is 9.88. The molecule has 1 amide bonds. The van der Waals surface area contributed by atoms with E-state index in [1.807, 2.05) is 15.8 Å². The molecule has 7 nitrogen and oxygen atoms in total. The van der Waals surface area contributed by atoms with Gasteiger partial charge in [0.25, 0.3) is 5.91 Å². The maximum Gasteiger partial charge on any atom is 0.276 e. The van der Waals surface area contributed by atoms with Crippen LogP contribution in [0.5, 0.6) is 0 Å². The number of likely N-dealkylation sites (tertiary alicyclic amines) is 1. The lowest BCUT2D eigenvalue weighted by molar-refractivity contribution is -0.0388. The van der Waals surface area contributed by atoms with Crippen LogP contribution in [0.1, 0.15) is 49.0 Å². The first kappa shape index (κ1) is 16.0. The Hall–Kier alpha value is -1.47. The smallest absolute Gasteiger partial charge is 0.276 e. The van der Waals surface area contributed by atoms with Crippen molar-refractivity contribution >= 4 is 5.91 Å². The molecule has 1 atom stereocenters. The standard InChI is InChI=1S/C17H27N5O2/c23-16(21-8-5-17(6-9-21)4-2-10-24-17)15-13-22(20-19-15)12-14-3-1-7-18-11-14/h13-14,18H,1-12H2/t14-/m0/s1. The molecule has 4 heterocycles. The van der Waals surface area contributed by atoms with Crippen molar-refractivity contribution < 1.29 is 9.53 Å². The van der Waals surface area contributed by atoms with E-state index in [1.54, 1.807) is 0 Å². The van der Waals surface area contributed by atoms with Gasteiger partial charge < -0.3 is 15.0 Å². The predicted molar refractivity (Wildman–Crippen MR) is 88.7 cm³/mol. The van der Waals surface area contributed by atoms with E-state index in [1.165, 1.54) is 12.8 Å². The Morgan fingerprint density at radius 2 is 2.21 bits per heavy atom. The first-order valence-electron chi connectivity index (χ1n) is 9.28. The summed E-state index contributed by atoms with van der Waals surface area (Å²) in [6.45, 7) is 5.37. The van der Waals surface area contributed by atoms with Crippen LogP contribution in [0.2, 0.25) is 0 Å². The molecule has 1 aromatic heterocycles. The molecular weight excluding hydrogens is 306 g/mol. The Balaban J connectivity index is 1.33. The zero-order valence-electron chi connectivity index (χ0n) is 14.2. The fourth-order valence-electron chi connectivity index (χ4n) is 4.26. The van der Waals surface area contributed by atoms with Gasteiger partial charge in [-0.3, -0.25) is 9.48 Å². The molecule has 0 radical (unpaired) electrons. The van der Waals surface area contributed by atoms with Gasteiger partial charge in [0.15, 0.2) is 5.69 Å². The van der Waals surface area contributed by atoms with Crippen molar-refractivity contribution in [1.82, 2.24) is 25.2 Å². The number of ether oxygens (including phenoxy) is 1. The Morgan fingerprint density at radius 3 is 2.92 bits per heavy atom. The van der Waals surface area contributed by atoms with E-state index < -0.39 is 0 Å². The third kappa shape index (κ3) is 3.32. The summed E-state index contributed by atoms with van der Waals surface area (Å²) in [6.07, 6.45) is 8.42. The maximum atomic E-state index is 12.7. The van der Waals surface area contributed by atoms with Gasteiger partial charge in [-0.1, -0.05) is 5.21 Å². The molecule has 4 rings (SSSR count). The third-order valence-electron chi connectivity index (χ3n) is 5.75. The Labute approximate surface area is 142 Å². The zero-order valence-corrected chi connectivity index (χ0v) is 14.2. The monoisotopic (exact) mass is 333 g/mol. The minimum atomic E-state index is 0.0101. The summed E-state index contributed by atoms with van der Waals surface area (Å²) >= 11 is 0. The summed E-state index contributed by atoms with van der Waals surface area (Å²) in [5, 5.41) is 11.7. The Morgan fingerprint density at radius 1 is 1.33 bits per heavy atom. The fraction of sp³-hybridized carbons (Fsp3) is 0.824. The predicted octanol–water partition coefficient (Wildman–Crippen LogP) is 1.06. The number of nitrogens with one attached hydrogen (secondary N) is 1. The Kier molecular flexibility index (Phi) is 4.54. The molecule has 0 bridgehead atoms. The normalized spacial score (nSPS) is 26.8. The molecular formula is C17H27N5O2. The quantitative estimate of drug-likeness (QED) is 0.896. The van der Waals surface area contributed by atoms with Gasteiger partial charge >= 0.3 is 0 Å². The average Bonchev–Trinajstić information content (AvgIpc) is 3.26. The number of piperidine rings is 2. The topological polar surface area (TPSA) is 72.3 Å². The van der Waals surface area contributed by atoms with Crippen molar-refractivity contribution in [2.75, 3.05) is 32.8 Å². The molecule has 0 aliphatic carbocycles. The minimum Gasteiger partial charge on any atom is -0.375 e. The molecule has 132 valence electrons. The number of aromatic nitrogens is 3. The number of carbonyl (C=O) groups is 1. The van der Waals surface area contributed by atoms with Gasteiger partial charge in [0.1, 0.15) is 0 Å². The second-order valence-corrected chi connectivity index (χ2v) is 7.47. The molecule has 0 aromatic carbocycles. The van der Waals surface area contributed by atoms with E-state index in [0.29, 0.717) is 11.6 Å². The Bertz CT molecular complexity index is 565. The van der Waals surface area contributed by atoms with Crippen LogP contribution in [-0.2, 0) is 11.3 Å². The highest BCUT2D eigenvalue weighted by Crippen LogP contribution is 2.35. The van der Waals surface area contributed by atoms with Crippen molar-refractivity contribution in [3.05, 3.63) is 11.9 Å². The van der Waals surface area contributed by atoms with Crippen molar-refractivity contribution in [3.8, 4) is 0 Å². The van der Waals surface area contributed by atoms with Gasteiger partial charge in [-0.2, -0.15) is 0 Å².